The van der Waals surface area contributed by atoms with Crippen molar-refractivity contribution in [3.05, 3.63) is 47.3 Å². The number of ether oxygens (including phenoxy) is 3. The van der Waals surface area contributed by atoms with Gasteiger partial charge in [0.1, 0.15) is 23.2 Å². The predicted octanol–water partition coefficient (Wildman–Crippen LogP) is 6.85. The molecular weight excluding hydrogens is 562 g/mol. The average Bonchev–Trinajstić information content (AvgIpc) is 3.55. The smallest absolute Gasteiger partial charge is 0.414 e. The van der Waals surface area contributed by atoms with Crippen LogP contribution < -0.4 is 0 Å². The summed E-state index contributed by atoms with van der Waals surface area (Å²) < 4.78 is 32.1. The minimum Gasteiger partial charge on any atom is -0.449 e. The lowest BCUT2D eigenvalue weighted by Gasteiger charge is -2.40. The number of rotatable bonds is 5. The van der Waals surface area contributed by atoms with Gasteiger partial charge < -0.3 is 28.2 Å². The maximum atomic E-state index is 13.5. The third-order valence-corrected chi connectivity index (χ3v) is 8.85. The van der Waals surface area contributed by atoms with Crippen molar-refractivity contribution in [3.63, 3.8) is 0 Å². The van der Waals surface area contributed by atoms with Crippen LogP contribution in [0.3, 0.4) is 0 Å². The maximum Gasteiger partial charge on any atom is 0.414 e. The Morgan fingerprint density at radius 2 is 1.93 bits per heavy atom. The first-order valence-electron chi connectivity index (χ1n) is 16.2. The van der Waals surface area contributed by atoms with Crippen LogP contribution in [-0.2, 0) is 14.2 Å². The van der Waals surface area contributed by atoms with Crippen LogP contribution in [0.25, 0.3) is 22.2 Å². The molecule has 2 aromatic heterocycles. The third kappa shape index (κ3) is 5.81. The summed E-state index contributed by atoms with van der Waals surface area (Å²) >= 11 is 0. The van der Waals surface area contributed by atoms with Gasteiger partial charge in [0.25, 0.3) is 0 Å². The van der Waals surface area contributed by atoms with E-state index in [1.807, 2.05) is 40.7 Å². The summed E-state index contributed by atoms with van der Waals surface area (Å²) in [7, 11) is -0.0291. The van der Waals surface area contributed by atoms with Gasteiger partial charge in [-0.15, -0.1) is 0 Å². The SMILES string of the molecule is [2H]CO[C@H]1CC[C@H](n2c([C@@H]3CCOC(=O)N3C3=CCN(C(=O)OC(C)(C)C)CC3)nc3cc(-c4c(C)noc4C)ccc32)CC1. The van der Waals surface area contributed by atoms with Crippen LogP contribution in [0, 0.1) is 13.8 Å². The second-order valence-corrected chi connectivity index (χ2v) is 13.0. The van der Waals surface area contributed by atoms with Crippen LogP contribution in [0.2, 0.25) is 0 Å². The van der Waals surface area contributed by atoms with Crippen molar-refractivity contribution in [2.75, 3.05) is 26.8 Å². The van der Waals surface area contributed by atoms with E-state index in [1.54, 1.807) is 9.80 Å². The number of carbonyl (C=O) groups is 2. The molecule has 0 bridgehead atoms. The average molecular weight is 607 g/mol. The van der Waals surface area contributed by atoms with E-state index in [4.69, 9.17) is 25.1 Å². The van der Waals surface area contributed by atoms with Crippen molar-refractivity contribution < 1.29 is 29.7 Å². The first-order valence-corrected chi connectivity index (χ1v) is 15.5. The number of fused-ring (bicyclic) bond motifs is 1. The molecule has 2 fully saturated rings. The fourth-order valence-corrected chi connectivity index (χ4v) is 6.77. The van der Waals surface area contributed by atoms with Crippen molar-refractivity contribution in [2.24, 2.45) is 0 Å². The lowest BCUT2D eigenvalue weighted by Crippen LogP contribution is -2.45. The molecule has 3 aliphatic rings. The highest BCUT2D eigenvalue weighted by Gasteiger charge is 2.39. The van der Waals surface area contributed by atoms with Crippen LogP contribution in [0.1, 0.15) is 90.0 Å². The van der Waals surface area contributed by atoms with E-state index in [1.165, 1.54) is 0 Å². The first kappa shape index (κ1) is 28.9. The fraction of sp³-hybridized carbons (Fsp3) is 0.576. The Kier molecular flexibility index (Phi) is 7.82. The highest BCUT2D eigenvalue weighted by molar-refractivity contribution is 5.84. The monoisotopic (exact) mass is 606 g/mol. The zero-order valence-corrected chi connectivity index (χ0v) is 26.3. The molecule has 1 saturated heterocycles. The summed E-state index contributed by atoms with van der Waals surface area (Å²) in [5.74, 6) is 1.59. The molecule has 2 amide bonds. The normalized spacial score (nSPS) is 23.4. The molecule has 3 aromatic rings. The van der Waals surface area contributed by atoms with Crippen molar-refractivity contribution >= 4 is 23.2 Å². The first-order chi connectivity index (χ1) is 21.5. The third-order valence-electron chi connectivity index (χ3n) is 8.85. The topological polar surface area (TPSA) is 112 Å². The Morgan fingerprint density at radius 3 is 2.59 bits per heavy atom. The number of hydrogen-bond donors (Lipinski definition) is 0. The second-order valence-electron chi connectivity index (χ2n) is 13.0. The fourth-order valence-electron chi connectivity index (χ4n) is 6.77. The van der Waals surface area contributed by atoms with E-state index >= 15 is 0 Å². The van der Waals surface area contributed by atoms with Gasteiger partial charge in [0.15, 0.2) is 0 Å². The molecule has 1 saturated carbocycles. The van der Waals surface area contributed by atoms with E-state index in [0.29, 0.717) is 32.5 Å². The number of nitrogens with zero attached hydrogens (tertiary/aromatic N) is 5. The number of imidazole rings is 1. The molecule has 4 heterocycles. The van der Waals surface area contributed by atoms with Gasteiger partial charge in [-0.2, -0.15) is 0 Å². The van der Waals surface area contributed by atoms with E-state index < -0.39 is 11.7 Å². The minimum atomic E-state index is -0.584. The Bertz CT molecular complexity index is 1580. The maximum absolute atomic E-state index is 13.5. The molecule has 0 N–H and O–H groups in total. The number of benzene rings is 1. The molecule has 1 atom stereocenters. The number of methoxy groups -OCH3 is 1. The molecule has 0 unspecified atom stereocenters. The summed E-state index contributed by atoms with van der Waals surface area (Å²) in [5.41, 5.74) is 4.88. The van der Waals surface area contributed by atoms with Gasteiger partial charge >= 0.3 is 12.2 Å². The Balaban J connectivity index is 1.37. The summed E-state index contributed by atoms with van der Waals surface area (Å²) in [4.78, 5) is 34.8. The van der Waals surface area contributed by atoms with Gasteiger partial charge in [-0.3, -0.25) is 4.90 Å². The Labute approximate surface area is 259 Å². The number of aryl methyl sites for hydroxylation is 2. The highest BCUT2D eigenvalue weighted by Crippen LogP contribution is 2.41. The second kappa shape index (κ2) is 11.9. The molecule has 236 valence electrons. The molecule has 0 spiro atoms. The molecule has 11 nitrogen and oxygen atoms in total. The summed E-state index contributed by atoms with van der Waals surface area (Å²) in [6, 6.07) is 6.13. The number of hydrogen-bond acceptors (Lipinski definition) is 8. The van der Waals surface area contributed by atoms with Crippen molar-refractivity contribution in [3.8, 4) is 11.1 Å². The van der Waals surface area contributed by atoms with Crippen molar-refractivity contribution in [2.45, 2.75) is 96.9 Å². The largest absolute Gasteiger partial charge is 0.449 e. The molecular formula is C33H43N5O6. The lowest BCUT2D eigenvalue weighted by molar-refractivity contribution is 0.0243. The molecule has 44 heavy (non-hydrogen) atoms. The zero-order chi connectivity index (χ0) is 31.9. The van der Waals surface area contributed by atoms with E-state index in [0.717, 1.165) is 70.8 Å². The minimum absolute atomic E-state index is 0.0291. The van der Waals surface area contributed by atoms with Gasteiger partial charge in [-0.05, 0) is 84.1 Å². The molecule has 11 heteroatoms. The quantitative estimate of drug-likeness (QED) is 0.310. The van der Waals surface area contributed by atoms with Crippen molar-refractivity contribution in [1.29, 1.82) is 0 Å². The molecule has 2 aliphatic heterocycles. The van der Waals surface area contributed by atoms with E-state index in [-0.39, 0.29) is 31.4 Å². The van der Waals surface area contributed by atoms with Crippen LogP contribution in [0.4, 0.5) is 9.59 Å². The number of carbonyl (C=O) groups excluding carboxylic acids is 2. The van der Waals surface area contributed by atoms with Gasteiger partial charge in [0.05, 0.1) is 30.8 Å². The predicted molar refractivity (Wildman–Crippen MR) is 164 cm³/mol. The number of amides is 2. The molecule has 6 rings (SSSR count). The summed E-state index contributed by atoms with van der Waals surface area (Å²) in [6.07, 6.45) is 5.85. The molecule has 0 radical (unpaired) electrons. The van der Waals surface area contributed by atoms with Crippen molar-refractivity contribution in [1.82, 2.24) is 24.5 Å². The van der Waals surface area contributed by atoms with Crippen LogP contribution in [0.15, 0.2) is 34.5 Å². The van der Waals surface area contributed by atoms with Gasteiger partial charge in [0, 0.05) is 50.3 Å². The van der Waals surface area contributed by atoms with Gasteiger partial charge in [-0.1, -0.05) is 11.2 Å². The molecule has 1 aromatic carbocycles. The lowest BCUT2D eigenvalue weighted by atomic mass is 9.92. The van der Waals surface area contributed by atoms with Crippen LogP contribution >= 0.6 is 0 Å². The van der Waals surface area contributed by atoms with Crippen LogP contribution in [0.5, 0.6) is 0 Å². The van der Waals surface area contributed by atoms with Crippen LogP contribution in [-0.4, -0.2) is 75.2 Å². The highest BCUT2D eigenvalue weighted by atomic mass is 16.6. The Morgan fingerprint density at radius 1 is 1.14 bits per heavy atom. The summed E-state index contributed by atoms with van der Waals surface area (Å²) in [5, 5.41) is 4.15. The zero-order valence-electron chi connectivity index (χ0n) is 27.3. The number of aromatic nitrogens is 3. The molecule has 1 aliphatic carbocycles. The summed E-state index contributed by atoms with van der Waals surface area (Å²) in [6.45, 7) is 10.5. The van der Waals surface area contributed by atoms with Gasteiger partial charge in [-0.25, -0.2) is 14.6 Å². The standard InChI is InChI=1S/C33H43N5O6/c1-20-29(21(2)44-35-20)22-7-12-27-26(19-22)34-30(37(27)23-8-10-25(41-6)11-9-23)28-15-18-42-32(40)38(28)24-13-16-36(17-14-24)31(39)43-33(3,4)5/h7,12-13,19,23,25,28H,8-11,14-18H2,1-6H3/t23-,25-,28-/m0/s1/i6D. The number of cyclic esters (lactones) is 1. The van der Waals surface area contributed by atoms with Gasteiger partial charge in [0.2, 0.25) is 0 Å². The van der Waals surface area contributed by atoms with E-state index in [9.17, 15) is 9.59 Å². The Hall–Kier alpha value is -3.86. The van der Waals surface area contributed by atoms with E-state index in [2.05, 4.69) is 27.9 Å².